The fourth-order valence-corrected chi connectivity index (χ4v) is 2.93. The molecule has 0 saturated carbocycles. The smallest absolute Gasteiger partial charge is 0.303 e. The normalized spacial score (nSPS) is 24.9. The van der Waals surface area contributed by atoms with Crippen molar-refractivity contribution < 1.29 is 28.6 Å². The second-order valence-electron chi connectivity index (χ2n) is 5.61. The molecule has 1 aliphatic rings. The van der Waals surface area contributed by atoms with Crippen molar-refractivity contribution in [2.24, 2.45) is 5.73 Å². The van der Waals surface area contributed by atoms with E-state index >= 15 is 0 Å². The third kappa shape index (κ3) is 4.02. The van der Waals surface area contributed by atoms with Crippen molar-refractivity contribution in [3.63, 3.8) is 0 Å². The van der Waals surface area contributed by atoms with E-state index in [1.807, 2.05) is 0 Å². The van der Waals surface area contributed by atoms with Crippen LogP contribution >= 0.6 is 11.6 Å². The lowest BCUT2D eigenvalue weighted by atomic mass is 10.1. The molecule has 1 aromatic heterocycles. The molecule has 11 heteroatoms. The van der Waals surface area contributed by atoms with E-state index in [4.69, 9.17) is 31.5 Å². The number of carbonyl (C=O) groups excluding carboxylic acids is 3. The molecule has 2 rings (SSSR count). The molecule has 0 unspecified atom stereocenters. The van der Waals surface area contributed by atoms with Crippen molar-refractivity contribution in [3.8, 4) is 0 Å². The molecule has 1 fully saturated rings. The number of esters is 2. The van der Waals surface area contributed by atoms with Gasteiger partial charge in [0, 0.05) is 20.0 Å². The van der Waals surface area contributed by atoms with Gasteiger partial charge >= 0.3 is 11.9 Å². The standard InChI is InChI=1S/C15H18ClN3O7/c1-4-8-11(24-6(2)20)12(25-7(3)21)15(26-8)19-5-9(16)18-10(13(17)22)14(19)23/h5,8,11-12,15H,4H2,1-3H3,(H2,17,22)/t8-,11-,12-,15-/m1/s1. The highest BCUT2D eigenvalue weighted by molar-refractivity contribution is 6.29. The Labute approximate surface area is 153 Å². The molecule has 1 aliphatic heterocycles. The topological polar surface area (TPSA) is 140 Å². The summed E-state index contributed by atoms with van der Waals surface area (Å²) in [6.45, 7) is 4.13. The van der Waals surface area contributed by atoms with Gasteiger partial charge in [-0.25, -0.2) is 4.98 Å². The zero-order chi connectivity index (χ0) is 19.6. The Bertz CT molecular complexity index is 794. The molecular weight excluding hydrogens is 370 g/mol. The van der Waals surface area contributed by atoms with Crippen molar-refractivity contribution in [2.45, 2.75) is 51.7 Å². The fraction of sp³-hybridized carbons (Fsp3) is 0.533. The van der Waals surface area contributed by atoms with Gasteiger partial charge in [-0.1, -0.05) is 18.5 Å². The van der Waals surface area contributed by atoms with Crippen LogP contribution in [0.3, 0.4) is 0 Å². The minimum absolute atomic E-state index is 0.187. The van der Waals surface area contributed by atoms with E-state index in [-0.39, 0.29) is 5.15 Å². The molecule has 2 heterocycles. The summed E-state index contributed by atoms with van der Waals surface area (Å²) < 4.78 is 17.2. The third-order valence-electron chi connectivity index (χ3n) is 3.70. The van der Waals surface area contributed by atoms with E-state index in [0.717, 1.165) is 17.7 Å². The average Bonchev–Trinajstić information content (AvgIpc) is 2.85. The number of carbonyl (C=O) groups is 3. The van der Waals surface area contributed by atoms with Crippen LogP contribution in [0.2, 0.25) is 5.15 Å². The molecule has 0 radical (unpaired) electrons. The van der Waals surface area contributed by atoms with Gasteiger partial charge in [-0.05, 0) is 6.42 Å². The molecule has 0 aliphatic carbocycles. The van der Waals surface area contributed by atoms with E-state index in [9.17, 15) is 19.2 Å². The van der Waals surface area contributed by atoms with E-state index < -0.39 is 53.6 Å². The van der Waals surface area contributed by atoms with Gasteiger partial charge in [0.25, 0.3) is 11.5 Å². The number of ether oxygens (including phenoxy) is 3. The SMILES string of the molecule is CC[C@H]1O[C@@H](n2cc(Cl)nc(C(N)=O)c2=O)[C@H](OC(C)=O)[C@@H]1OC(C)=O. The van der Waals surface area contributed by atoms with Gasteiger partial charge in [-0.15, -0.1) is 0 Å². The summed E-state index contributed by atoms with van der Waals surface area (Å²) in [5.41, 5.74) is 3.68. The Hall–Kier alpha value is -2.46. The Morgan fingerprint density at radius 1 is 1.27 bits per heavy atom. The highest BCUT2D eigenvalue weighted by Crippen LogP contribution is 2.35. The van der Waals surface area contributed by atoms with E-state index in [0.29, 0.717) is 6.42 Å². The van der Waals surface area contributed by atoms with E-state index in [2.05, 4.69) is 4.98 Å². The number of aromatic nitrogens is 2. The molecule has 2 N–H and O–H groups in total. The van der Waals surface area contributed by atoms with Gasteiger partial charge in [-0.2, -0.15) is 0 Å². The summed E-state index contributed by atoms with van der Waals surface area (Å²) in [5, 5.41) is -0.187. The summed E-state index contributed by atoms with van der Waals surface area (Å²) >= 11 is 5.86. The van der Waals surface area contributed by atoms with E-state index in [1.54, 1.807) is 6.92 Å². The third-order valence-corrected chi connectivity index (χ3v) is 3.88. The van der Waals surface area contributed by atoms with Gasteiger partial charge in [-0.3, -0.25) is 23.7 Å². The van der Waals surface area contributed by atoms with Gasteiger partial charge in [0.1, 0.15) is 11.3 Å². The maximum atomic E-state index is 12.5. The second-order valence-corrected chi connectivity index (χ2v) is 6.00. The molecular formula is C15H18ClN3O7. The predicted octanol–water partition coefficient (Wildman–Crippen LogP) is 0.166. The number of amides is 1. The number of hydrogen-bond donors (Lipinski definition) is 1. The maximum absolute atomic E-state index is 12.5. The molecule has 142 valence electrons. The highest BCUT2D eigenvalue weighted by atomic mass is 35.5. The van der Waals surface area contributed by atoms with Crippen LogP contribution in [0.1, 0.15) is 43.9 Å². The first kappa shape index (κ1) is 19.9. The van der Waals surface area contributed by atoms with Crippen molar-refractivity contribution >= 4 is 29.4 Å². The molecule has 1 aromatic rings. The maximum Gasteiger partial charge on any atom is 0.303 e. The van der Waals surface area contributed by atoms with Crippen LogP contribution in [0.5, 0.6) is 0 Å². The first-order chi connectivity index (χ1) is 12.1. The van der Waals surface area contributed by atoms with Gasteiger partial charge in [0.15, 0.2) is 24.1 Å². The number of rotatable bonds is 5. The van der Waals surface area contributed by atoms with Crippen molar-refractivity contribution in [1.29, 1.82) is 0 Å². The fourth-order valence-electron chi connectivity index (χ4n) is 2.74. The lowest BCUT2D eigenvalue weighted by molar-refractivity contribution is -0.165. The Balaban J connectivity index is 2.56. The summed E-state index contributed by atoms with van der Waals surface area (Å²) in [4.78, 5) is 50.5. The van der Waals surface area contributed by atoms with Crippen molar-refractivity contribution in [2.75, 3.05) is 0 Å². The van der Waals surface area contributed by atoms with Crippen molar-refractivity contribution in [1.82, 2.24) is 9.55 Å². The second kappa shape index (κ2) is 7.83. The quantitative estimate of drug-likeness (QED) is 0.705. The number of halogens is 1. The molecule has 26 heavy (non-hydrogen) atoms. The zero-order valence-electron chi connectivity index (χ0n) is 14.3. The average molecular weight is 388 g/mol. The summed E-state index contributed by atoms with van der Waals surface area (Å²) in [6.07, 6.45) is -2.37. The van der Waals surface area contributed by atoms with Crippen LogP contribution < -0.4 is 11.3 Å². The van der Waals surface area contributed by atoms with Gasteiger partial charge in [0.2, 0.25) is 0 Å². The molecule has 0 bridgehead atoms. The molecule has 0 spiro atoms. The van der Waals surface area contributed by atoms with Crippen LogP contribution in [0.25, 0.3) is 0 Å². The Morgan fingerprint density at radius 2 is 1.85 bits per heavy atom. The van der Waals surface area contributed by atoms with Crippen LogP contribution in [0.4, 0.5) is 0 Å². The molecule has 10 nitrogen and oxygen atoms in total. The monoisotopic (exact) mass is 387 g/mol. The first-order valence-corrected chi connectivity index (χ1v) is 8.11. The lowest BCUT2D eigenvalue weighted by Gasteiger charge is -2.24. The van der Waals surface area contributed by atoms with Crippen LogP contribution in [0.15, 0.2) is 11.0 Å². The molecule has 1 saturated heterocycles. The van der Waals surface area contributed by atoms with Gasteiger partial charge in [0.05, 0.1) is 0 Å². The highest BCUT2D eigenvalue weighted by Gasteiger charge is 2.49. The summed E-state index contributed by atoms with van der Waals surface area (Å²) in [7, 11) is 0. The molecule has 0 aromatic carbocycles. The largest absolute Gasteiger partial charge is 0.456 e. The van der Waals surface area contributed by atoms with Crippen LogP contribution in [-0.4, -0.2) is 45.7 Å². The van der Waals surface area contributed by atoms with Crippen molar-refractivity contribution in [3.05, 3.63) is 27.4 Å². The number of nitrogens with zero attached hydrogens (tertiary/aromatic N) is 2. The van der Waals surface area contributed by atoms with E-state index in [1.165, 1.54) is 6.92 Å². The minimum Gasteiger partial charge on any atom is -0.456 e. The lowest BCUT2D eigenvalue weighted by Crippen LogP contribution is -2.41. The number of primary amides is 1. The predicted molar refractivity (Wildman–Crippen MR) is 87.3 cm³/mol. The minimum atomic E-state index is -1.18. The molecule has 4 atom stereocenters. The zero-order valence-corrected chi connectivity index (χ0v) is 15.1. The first-order valence-electron chi connectivity index (χ1n) is 7.74. The Kier molecular flexibility index (Phi) is 5.98. The Morgan fingerprint density at radius 3 is 2.35 bits per heavy atom. The van der Waals surface area contributed by atoms with Gasteiger partial charge < -0.3 is 19.9 Å². The molecule has 1 amide bonds. The summed E-state index contributed by atoms with van der Waals surface area (Å²) in [5.74, 6) is -2.34. The summed E-state index contributed by atoms with van der Waals surface area (Å²) in [6, 6.07) is 0. The number of hydrogen-bond acceptors (Lipinski definition) is 8. The van der Waals surface area contributed by atoms with Crippen LogP contribution in [0, 0.1) is 0 Å². The van der Waals surface area contributed by atoms with Crippen LogP contribution in [-0.2, 0) is 23.8 Å². The number of nitrogens with two attached hydrogens (primary N) is 1.